The maximum Gasteiger partial charge on any atom is 0.239 e. The quantitative estimate of drug-likeness (QED) is 0.775. The van der Waals surface area contributed by atoms with Crippen molar-refractivity contribution in [2.24, 2.45) is 0 Å². The van der Waals surface area contributed by atoms with Gasteiger partial charge in [-0.3, -0.25) is 14.4 Å². The second kappa shape index (κ2) is 8.95. The van der Waals surface area contributed by atoms with Gasteiger partial charge in [0, 0.05) is 39.0 Å². The van der Waals surface area contributed by atoms with Gasteiger partial charge in [0.2, 0.25) is 17.7 Å². The fraction of sp³-hybridized carbons (Fsp3) is 0.550. The molecule has 1 aromatic carbocycles. The summed E-state index contributed by atoms with van der Waals surface area (Å²) in [7, 11) is 3.21. The topological polar surface area (TPSA) is 88.2 Å². The van der Waals surface area contributed by atoms with E-state index < -0.39 is 0 Å². The number of rotatable bonds is 6. The summed E-state index contributed by atoms with van der Waals surface area (Å²) in [6, 6.07) is 3.90. The zero-order chi connectivity index (χ0) is 20.1. The molecule has 3 rings (SSSR count). The predicted molar refractivity (Wildman–Crippen MR) is 102 cm³/mol. The third-order valence-corrected chi connectivity index (χ3v) is 5.24. The van der Waals surface area contributed by atoms with Gasteiger partial charge in [-0.05, 0) is 36.1 Å². The van der Waals surface area contributed by atoms with E-state index in [0.29, 0.717) is 50.5 Å². The molecule has 1 fully saturated rings. The smallest absolute Gasteiger partial charge is 0.239 e. The lowest BCUT2D eigenvalue weighted by molar-refractivity contribution is -0.138. The van der Waals surface area contributed by atoms with Crippen molar-refractivity contribution in [2.75, 3.05) is 40.4 Å². The van der Waals surface area contributed by atoms with Crippen molar-refractivity contribution in [3.63, 3.8) is 0 Å². The molecule has 0 aromatic heterocycles. The number of hydrogen-bond donors (Lipinski definition) is 1. The first-order valence-electron chi connectivity index (χ1n) is 9.58. The third kappa shape index (κ3) is 4.55. The number of amides is 3. The van der Waals surface area contributed by atoms with Crippen LogP contribution < -0.4 is 14.8 Å². The first kappa shape index (κ1) is 20.0. The second-order valence-electron chi connectivity index (χ2n) is 7.06. The summed E-state index contributed by atoms with van der Waals surface area (Å²) >= 11 is 0. The Balaban J connectivity index is 1.50. The summed E-state index contributed by atoms with van der Waals surface area (Å²) in [6.07, 6.45) is 1.87. The summed E-state index contributed by atoms with van der Waals surface area (Å²) in [5.74, 6) is 1.21. The van der Waals surface area contributed by atoms with Crippen LogP contribution in [0.5, 0.6) is 11.5 Å². The van der Waals surface area contributed by atoms with E-state index in [-0.39, 0.29) is 30.7 Å². The van der Waals surface area contributed by atoms with Crippen molar-refractivity contribution in [1.82, 2.24) is 15.1 Å². The van der Waals surface area contributed by atoms with Crippen molar-refractivity contribution < 1.29 is 23.9 Å². The first-order chi connectivity index (χ1) is 13.5. The molecule has 152 valence electrons. The molecule has 8 heteroatoms. The predicted octanol–water partition coefficient (Wildman–Crippen LogP) is 0.717. The van der Waals surface area contributed by atoms with Gasteiger partial charge in [-0.15, -0.1) is 0 Å². The van der Waals surface area contributed by atoms with E-state index in [4.69, 9.17) is 9.47 Å². The lowest BCUT2D eigenvalue weighted by Crippen LogP contribution is -2.49. The summed E-state index contributed by atoms with van der Waals surface area (Å²) in [5.41, 5.74) is 2.23. The lowest BCUT2D eigenvalue weighted by Gasteiger charge is -2.30. The molecule has 8 nitrogen and oxygen atoms in total. The maximum absolute atomic E-state index is 12.6. The Kier molecular flexibility index (Phi) is 6.38. The summed E-state index contributed by atoms with van der Waals surface area (Å²) in [5, 5.41) is 2.70. The van der Waals surface area contributed by atoms with Crippen LogP contribution in [0.25, 0.3) is 0 Å². The number of piperazine rings is 1. The Hall–Kier alpha value is -2.77. The van der Waals surface area contributed by atoms with Crippen molar-refractivity contribution in [3.8, 4) is 11.5 Å². The molecule has 0 saturated carbocycles. The third-order valence-electron chi connectivity index (χ3n) is 5.24. The van der Waals surface area contributed by atoms with Gasteiger partial charge in [0.05, 0.1) is 20.8 Å². The summed E-state index contributed by atoms with van der Waals surface area (Å²) in [6.45, 7) is 2.33. The highest BCUT2D eigenvalue weighted by Crippen LogP contribution is 2.33. The van der Waals surface area contributed by atoms with E-state index in [9.17, 15) is 14.4 Å². The van der Waals surface area contributed by atoms with Gasteiger partial charge in [0.25, 0.3) is 0 Å². The van der Waals surface area contributed by atoms with Crippen molar-refractivity contribution in [2.45, 2.75) is 32.2 Å². The molecule has 0 aliphatic carbocycles. The van der Waals surface area contributed by atoms with Crippen LogP contribution in [0, 0.1) is 0 Å². The van der Waals surface area contributed by atoms with Crippen LogP contribution in [0.2, 0.25) is 0 Å². The number of nitrogens with zero attached hydrogens (tertiary/aromatic N) is 2. The summed E-state index contributed by atoms with van der Waals surface area (Å²) < 4.78 is 10.7. The zero-order valence-corrected chi connectivity index (χ0v) is 16.5. The highest BCUT2D eigenvalue weighted by atomic mass is 16.5. The lowest BCUT2D eigenvalue weighted by atomic mass is 9.98. The molecule has 2 aliphatic rings. The van der Waals surface area contributed by atoms with E-state index in [1.54, 1.807) is 19.1 Å². The van der Waals surface area contributed by atoms with Crippen LogP contribution in [0.4, 0.5) is 0 Å². The van der Waals surface area contributed by atoms with Gasteiger partial charge in [0.15, 0.2) is 11.5 Å². The van der Waals surface area contributed by atoms with Gasteiger partial charge in [-0.1, -0.05) is 0 Å². The molecule has 1 saturated heterocycles. The fourth-order valence-electron chi connectivity index (χ4n) is 3.65. The minimum atomic E-state index is -0.130. The molecule has 0 unspecified atom stereocenters. The number of nitrogens with one attached hydrogen (secondary N) is 1. The van der Waals surface area contributed by atoms with Crippen molar-refractivity contribution >= 4 is 17.7 Å². The molecular formula is C20H27N3O5. The fourth-order valence-corrected chi connectivity index (χ4v) is 3.65. The minimum Gasteiger partial charge on any atom is -0.493 e. The molecule has 0 radical (unpaired) electrons. The molecule has 0 bridgehead atoms. The minimum absolute atomic E-state index is 0.0459. The Morgan fingerprint density at radius 2 is 1.57 bits per heavy atom. The van der Waals surface area contributed by atoms with E-state index in [0.717, 1.165) is 12.0 Å². The molecule has 3 amide bonds. The number of carbonyl (C=O) groups is 3. The Bertz CT molecular complexity index is 764. The van der Waals surface area contributed by atoms with Crippen LogP contribution >= 0.6 is 0 Å². The molecule has 1 aromatic rings. The van der Waals surface area contributed by atoms with Gasteiger partial charge >= 0.3 is 0 Å². The van der Waals surface area contributed by atoms with Crippen LogP contribution in [0.1, 0.15) is 30.4 Å². The van der Waals surface area contributed by atoms with Crippen LogP contribution in [-0.2, 0) is 27.3 Å². The van der Waals surface area contributed by atoms with Crippen LogP contribution in [-0.4, -0.2) is 67.9 Å². The largest absolute Gasteiger partial charge is 0.493 e. The Morgan fingerprint density at radius 3 is 2.18 bits per heavy atom. The highest BCUT2D eigenvalue weighted by Gasteiger charge is 2.24. The number of methoxy groups -OCH3 is 2. The standard InChI is InChI=1S/C20H27N3O5/c1-27-16-10-14-6-8-22(12-15(14)11-17(16)28-2)19(25)4-3-5-20(26)23-9-7-21-18(24)13-23/h10-11H,3-9,12-13H2,1-2H3,(H,21,24). The molecule has 28 heavy (non-hydrogen) atoms. The average molecular weight is 389 g/mol. The summed E-state index contributed by atoms with van der Waals surface area (Å²) in [4.78, 5) is 39.5. The van der Waals surface area contributed by atoms with E-state index in [1.165, 1.54) is 5.56 Å². The second-order valence-corrected chi connectivity index (χ2v) is 7.06. The number of carbonyl (C=O) groups excluding carboxylic acids is 3. The molecule has 2 aliphatic heterocycles. The average Bonchev–Trinajstić information content (AvgIpc) is 2.71. The zero-order valence-electron chi connectivity index (χ0n) is 16.5. The van der Waals surface area contributed by atoms with E-state index in [2.05, 4.69) is 5.32 Å². The number of hydrogen-bond acceptors (Lipinski definition) is 5. The molecule has 0 atom stereocenters. The number of ether oxygens (including phenoxy) is 2. The van der Waals surface area contributed by atoms with E-state index >= 15 is 0 Å². The van der Waals surface area contributed by atoms with Crippen molar-refractivity contribution in [3.05, 3.63) is 23.3 Å². The van der Waals surface area contributed by atoms with Crippen molar-refractivity contribution in [1.29, 1.82) is 0 Å². The normalized spacial score (nSPS) is 16.3. The van der Waals surface area contributed by atoms with Gasteiger partial charge in [0.1, 0.15) is 0 Å². The SMILES string of the molecule is COc1cc2c(cc1OC)CN(C(=O)CCCC(=O)N1CCNC(=O)C1)CC2. The van der Waals surface area contributed by atoms with Gasteiger partial charge < -0.3 is 24.6 Å². The molecule has 0 spiro atoms. The van der Waals surface area contributed by atoms with Crippen LogP contribution in [0.15, 0.2) is 12.1 Å². The molecule has 2 heterocycles. The number of benzene rings is 1. The Labute approximate surface area is 164 Å². The van der Waals surface area contributed by atoms with Gasteiger partial charge in [-0.25, -0.2) is 0 Å². The van der Waals surface area contributed by atoms with Gasteiger partial charge in [-0.2, -0.15) is 0 Å². The highest BCUT2D eigenvalue weighted by molar-refractivity contribution is 5.86. The Morgan fingerprint density at radius 1 is 0.964 bits per heavy atom. The molecule has 1 N–H and O–H groups in total. The molecular weight excluding hydrogens is 362 g/mol. The van der Waals surface area contributed by atoms with E-state index in [1.807, 2.05) is 17.0 Å². The monoisotopic (exact) mass is 389 g/mol. The van der Waals surface area contributed by atoms with Crippen LogP contribution in [0.3, 0.4) is 0 Å². The first-order valence-corrected chi connectivity index (χ1v) is 9.58. The maximum atomic E-state index is 12.6. The number of fused-ring (bicyclic) bond motifs is 1.